The summed E-state index contributed by atoms with van der Waals surface area (Å²) in [5.41, 5.74) is 1.83. The van der Waals surface area contributed by atoms with Gasteiger partial charge in [-0.3, -0.25) is 10.1 Å². The largest absolute Gasteiger partial charge is 0.494 e. The van der Waals surface area contributed by atoms with Gasteiger partial charge in [0.25, 0.3) is 5.91 Å². The molecule has 0 saturated heterocycles. The van der Waals surface area contributed by atoms with E-state index in [1.165, 1.54) is 11.3 Å². The molecule has 25 heavy (non-hydrogen) atoms. The Morgan fingerprint density at radius 3 is 2.88 bits per heavy atom. The Morgan fingerprint density at radius 2 is 2.08 bits per heavy atom. The third-order valence-electron chi connectivity index (χ3n) is 3.95. The van der Waals surface area contributed by atoms with Gasteiger partial charge in [-0.1, -0.05) is 29.5 Å². The lowest BCUT2D eigenvalue weighted by Crippen LogP contribution is -2.40. The molecule has 0 fully saturated rings. The van der Waals surface area contributed by atoms with Crippen LogP contribution in [0.25, 0.3) is 10.2 Å². The third kappa shape index (κ3) is 2.87. The molecule has 1 N–H and O–H groups in total. The molecule has 0 saturated carbocycles. The van der Waals surface area contributed by atoms with Gasteiger partial charge in [-0.05, 0) is 30.7 Å². The average molecular weight is 356 g/mol. The van der Waals surface area contributed by atoms with Gasteiger partial charge in [0.1, 0.15) is 17.9 Å². The van der Waals surface area contributed by atoms with Crippen LogP contribution in [0.4, 0.5) is 5.13 Å². The molecule has 0 bridgehead atoms. The maximum Gasteiger partial charge on any atom is 0.270 e. The molecule has 128 valence electrons. The molecule has 1 aromatic heterocycles. The maximum absolute atomic E-state index is 12.5. The summed E-state index contributed by atoms with van der Waals surface area (Å²) < 4.78 is 17.6. The highest BCUT2D eigenvalue weighted by atomic mass is 32.1. The number of fused-ring (bicyclic) bond motifs is 2. The van der Waals surface area contributed by atoms with E-state index in [2.05, 4.69) is 10.3 Å². The maximum atomic E-state index is 12.5. The van der Waals surface area contributed by atoms with Crippen LogP contribution in [0.5, 0.6) is 17.2 Å². The van der Waals surface area contributed by atoms with Crippen LogP contribution in [0.1, 0.15) is 5.56 Å². The molecular formula is C18H16N2O4S. The lowest BCUT2D eigenvalue weighted by molar-refractivity contribution is -0.125. The van der Waals surface area contributed by atoms with Gasteiger partial charge < -0.3 is 14.2 Å². The van der Waals surface area contributed by atoms with Crippen LogP contribution in [-0.2, 0) is 4.79 Å². The predicted octanol–water partition coefficient (Wildman–Crippen LogP) is 3.39. The van der Waals surface area contributed by atoms with E-state index in [4.69, 9.17) is 14.2 Å². The van der Waals surface area contributed by atoms with Crippen molar-refractivity contribution in [1.82, 2.24) is 4.98 Å². The zero-order valence-electron chi connectivity index (χ0n) is 13.7. The molecule has 3 aromatic rings. The lowest BCUT2D eigenvalue weighted by atomic mass is 10.2. The Kier molecular flexibility index (Phi) is 3.93. The van der Waals surface area contributed by atoms with Gasteiger partial charge in [0.05, 0.1) is 11.8 Å². The van der Waals surface area contributed by atoms with E-state index in [0.717, 1.165) is 15.8 Å². The number of hydrogen-bond acceptors (Lipinski definition) is 6. The number of hydrogen-bond donors (Lipinski definition) is 1. The average Bonchev–Trinajstić information content (AvgIpc) is 3.06. The number of ether oxygens (including phenoxy) is 3. The van der Waals surface area contributed by atoms with Crippen LogP contribution < -0.4 is 19.5 Å². The third-order valence-corrected chi connectivity index (χ3v) is 5.06. The number of thiazole rings is 1. The van der Waals surface area contributed by atoms with E-state index in [-0.39, 0.29) is 12.5 Å². The van der Waals surface area contributed by atoms with Crippen molar-refractivity contribution in [3.05, 3.63) is 42.0 Å². The normalized spacial score (nSPS) is 15.8. The number of nitrogens with zero attached hydrogens (tertiary/aromatic N) is 1. The number of aromatic nitrogens is 1. The summed E-state index contributed by atoms with van der Waals surface area (Å²) in [6, 6.07) is 11.1. The standard InChI is InChI=1S/C18H16N2O4S/c1-10-7-8-13(22-2)15-16(10)25-18(19-15)20-17(21)14-9-23-11-5-3-4-6-12(11)24-14/h3-8,14H,9H2,1-2H3,(H,19,20,21). The Hall–Kier alpha value is -2.80. The van der Waals surface area contributed by atoms with Crippen molar-refractivity contribution in [1.29, 1.82) is 0 Å². The van der Waals surface area contributed by atoms with E-state index in [1.54, 1.807) is 13.2 Å². The van der Waals surface area contributed by atoms with Crippen molar-refractivity contribution in [3.8, 4) is 17.2 Å². The zero-order chi connectivity index (χ0) is 17.4. The van der Waals surface area contributed by atoms with Crippen LogP contribution >= 0.6 is 11.3 Å². The van der Waals surface area contributed by atoms with Crippen LogP contribution in [0.3, 0.4) is 0 Å². The minimum Gasteiger partial charge on any atom is -0.494 e. The Morgan fingerprint density at radius 1 is 1.28 bits per heavy atom. The molecule has 0 spiro atoms. The topological polar surface area (TPSA) is 69.7 Å². The molecule has 7 heteroatoms. The van der Waals surface area contributed by atoms with Crippen LogP contribution in [0.2, 0.25) is 0 Å². The number of amides is 1. The van der Waals surface area contributed by atoms with Crippen molar-refractivity contribution in [3.63, 3.8) is 0 Å². The summed E-state index contributed by atoms with van der Waals surface area (Å²) in [4.78, 5) is 17.0. The van der Waals surface area contributed by atoms with Gasteiger partial charge in [0, 0.05) is 0 Å². The van der Waals surface area contributed by atoms with Gasteiger partial charge in [-0.25, -0.2) is 4.98 Å². The first-order chi connectivity index (χ1) is 12.2. The minimum absolute atomic E-state index is 0.163. The first kappa shape index (κ1) is 15.7. The fraction of sp³-hybridized carbons (Fsp3) is 0.222. The fourth-order valence-electron chi connectivity index (χ4n) is 2.66. The first-order valence-corrected chi connectivity index (χ1v) is 8.61. The number of anilines is 1. The second kappa shape index (κ2) is 6.25. The molecule has 4 rings (SSSR count). The van der Waals surface area contributed by atoms with Gasteiger partial charge in [0.15, 0.2) is 16.6 Å². The number of carbonyl (C=O) groups is 1. The summed E-state index contributed by atoms with van der Waals surface area (Å²) in [6.45, 7) is 2.16. The van der Waals surface area contributed by atoms with Crippen LogP contribution in [0.15, 0.2) is 36.4 Å². The van der Waals surface area contributed by atoms with Crippen molar-refractivity contribution in [2.75, 3.05) is 19.0 Å². The smallest absolute Gasteiger partial charge is 0.270 e. The second-order valence-electron chi connectivity index (χ2n) is 5.63. The molecule has 0 aliphatic carbocycles. The van der Waals surface area contributed by atoms with Gasteiger partial charge in [-0.15, -0.1) is 0 Å². The summed E-state index contributed by atoms with van der Waals surface area (Å²) in [7, 11) is 1.60. The van der Waals surface area contributed by atoms with E-state index in [9.17, 15) is 4.79 Å². The molecule has 2 aromatic carbocycles. The Labute approximate surface area is 148 Å². The molecule has 1 aliphatic rings. The predicted molar refractivity (Wildman–Crippen MR) is 95.9 cm³/mol. The number of aryl methyl sites for hydroxylation is 1. The summed E-state index contributed by atoms with van der Waals surface area (Å²) in [5.74, 6) is 1.61. The molecule has 1 aliphatic heterocycles. The van der Waals surface area contributed by atoms with Crippen molar-refractivity contribution >= 4 is 32.6 Å². The van der Waals surface area contributed by atoms with E-state index in [1.807, 2.05) is 37.3 Å². The fourth-order valence-corrected chi connectivity index (χ4v) is 3.62. The van der Waals surface area contributed by atoms with Crippen molar-refractivity contribution in [2.45, 2.75) is 13.0 Å². The van der Waals surface area contributed by atoms with Crippen molar-refractivity contribution in [2.24, 2.45) is 0 Å². The monoisotopic (exact) mass is 356 g/mol. The Balaban J connectivity index is 1.55. The van der Waals surface area contributed by atoms with Crippen LogP contribution in [-0.4, -0.2) is 30.7 Å². The van der Waals surface area contributed by atoms with Gasteiger partial charge in [-0.2, -0.15) is 0 Å². The molecular weight excluding hydrogens is 340 g/mol. The molecule has 2 heterocycles. The summed E-state index contributed by atoms with van der Waals surface area (Å²) in [5, 5.41) is 3.33. The number of methoxy groups -OCH3 is 1. The molecule has 1 unspecified atom stereocenters. The van der Waals surface area contributed by atoms with E-state index < -0.39 is 6.10 Å². The zero-order valence-corrected chi connectivity index (χ0v) is 14.6. The number of para-hydroxylation sites is 2. The quantitative estimate of drug-likeness (QED) is 0.779. The van der Waals surface area contributed by atoms with Crippen molar-refractivity contribution < 1.29 is 19.0 Å². The molecule has 0 radical (unpaired) electrons. The van der Waals surface area contributed by atoms with Gasteiger partial charge >= 0.3 is 0 Å². The minimum atomic E-state index is -0.718. The first-order valence-electron chi connectivity index (χ1n) is 7.79. The SMILES string of the molecule is COc1ccc(C)c2sc(NC(=O)C3COc4ccccc4O3)nc12. The number of carbonyl (C=O) groups excluding carboxylic acids is 1. The molecule has 6 nitrogen and oxygen atoms in total. The highest BCUT2D eigenvalue weighted by Gasteiger charge is 2.28. The number of nitrogens with one attached hydrogen (secondary N) is 1. The highest BCUT2D eigenvalue weighted by molar-refractivity contribution is 7.22. The highest BCUT2D eigenvalue weighted by Crippen LogP contribution is 2.35. The van der Waals surface area contributed by atoms with Crippen LogP contribution in [0, 0.1) is 6.92 Å². The lowest BCUT2D eigenvalue weighted by Gasteiger charge is -2.25. The van der Waals surface area contributed by atoms with Gasteiger partial charge in [0.2, 0.25) is 6.10 Å². The summed E-state index contributed by atoms with van der Waals surface area (Å²) >= 11 is 1.41. The van der Waals surface area contributed by atoms with E-state index in [0.29, 0.717) is 22.4 Å². The second-order valence-corrected chi connectivity index (χ2v) is 6.63. The van der Waals surface area contributed by atoms with E-state index >= 15 is 0 Å². The Bertz CT molecular complexity index is 953. The number of benzene rings is 2. The molecule has 1 atom stereocenters. The number of rotatable bonds is 3. The molecule has 1 amide bonds. The summed E-state index contributed by atoms with van der Waals surface area (Å²) in [6.07, 6.45) is -0.718.